The van der Waals surface area contributed by atoms with Crippen LogP contribution in [0.1, 0.15) is 85.5 Å². The van der Waals surface area contributed by atoms with Crippen LogP contribution in [0.5, 0.6) is 0 Å². The Morgan fingerprint density at radius 2 is 1.68 bits per heavy atom. The standard InChI is InChI=1S/C18H34O/c1-14-7-5-8-16(13-14)18(19)11-6-9-15(10-12-18)17(2,3)4/h14-16,19H,5-13H2,1-4H3. The van der Waals surface area contributed by atoms with Gasteiger partial charge in [-0.1, -0.05) is 47.0 Å². The summed E-state index contributed by atoms with van der Waals surface area (Å²) in [4.78, 5) is 0. The van der Waals surface area contributed by atoms with Crippen LogP contribution in [0.4, 0.5) is 0 Å². The van der Waals surface area contributed by atoms with Crippen molar-refractivity contribution in [3.63, 3.8) is 0 Å². The molecule has 112 valence electrons. The first kappa shape index (κ1) is 15.4. The monoisotopic (exact) mass is 266 g/mol. The van der Waals surface area contributed by atoms with Crippen LogP contribution in [0.2, 0.25) is 0 Å². The van der Waals surface area contributed by atoms with Crippen molar-refractivity contribution in [3.05, 3.63) is 0 Å². The molecule has 0 bridgehead atoms. The summed E-state index contributed by atoms with van der Waals surface area (Å²) in [5, 5.41) is 11.2. The zero-order valence-electron chi connectivity index (χ0n) is 13.5. The predicted octanol–water partition coefficient (Wildman–Crippen LogP) is 5.17. The molecule has 4 atom stereocenters. The van der Waals surface area contributed by atoms with Crippen LogP contribution in [0.25, 0.3) is 0 Å². The second-order valence-electron chi connectivity index (χ2n) is 8.57. The quantitative estimate of drug-likeness (QED) is 0.649. The Balaban J connectivity index is 2.00. The van der Waals surface area contributed by atoms with E-state index in [1.54, 1.807) is 0 Å². The van der Waals surface area contributed by atoms with Crippen LogP contribution in [0.3, 0.4) is 0 Å². The highest BCUT2D eigenvalue weighted by Gasteiger charge is 2.41. The van der Waals surface area contributed by atoms with Crippen molar-refractivity contribution < 1.29 is 5.11 Å². The van der Waals surface area contributed by atoms with Crippen molar-refractivity contribution in [2.45, 2.75) is 91.1 Å². The highest BCUT2D eigenvalue weighted by Crippen LogP contribution is 2.46. The van der Waals surface area contributed by atoms with Gasteiger partial charge in [0.15, 0.2) is 0 Å². The van der Waals surface area contributed by atoms with Crippen LogP contribution in [0, 0.1) is 23.2 Å². The van der Waals surface area contributed by atoms with E-state index in [1.165, 1.54) is 44.9 Å². The van der Waals surface area contributed by atoms with Gasteiger partial charge >= 0.3 is 0 Å². The summed E-state index contributed by atoms with van der Waals surface area (Å²) in [5.41, 5.74) is 0.0692. The molecular weight excluding hydrogens is 232 g/mol. The lowest BCUT2D eigenvalue weighted by atomic mass is 9.70. The zero-order chi connectivity index (χ0) is 14.1. The molecule has 0 amide bonds. The largest absolute Gasteiger partial charge is 0.390 e. The first-order valence-electron chi connectivity index (χ1n) is 8.53. The minimum atomic E-state index is -0.339. The van der Waals surface area contributed by atoms with Gasteiger partial charge in [0, 0.05) is 0 Å². The van der Waals surface area contributed by atoms with Gasteiger partial charge in [0.25, 0.3) is 0 Å². The van der Waals surface area contributed by atoms with Crippen molar-refractivity contribution in [2.75, 3.05) is 0 Å². The van der Waals surface area contributed by atoms with Crippen molar-refractivity contribution in [3.8, 4) is 0 Å². The third kappa shape index (κ3) is 3.74. The van der Waals surface area contributed by atoms with Crippen LogP contribution < -0.4 is 0 Å². The molecule has 2 aliphatic rings. The van der Waals surface area contributed by atoms with Gasteiger partial charge in [-0.2, -0.15) is 0 Å². The van der Waals surface area contributed by atoms with E-state index in [-0.39, 0.29) is 5.60 Å². The van der Waals surface area contributed by atoms with Crippen LogP contribution in [-0.4, -0.2) is 10.7 Å². The van der Waals surface area contributed by atoms with E-state index in [9.17, 15) is 5.11 Å². The van der Waals surface area contributed by atoms with Gasteiger partial charge in [-0.05, 0) is 61.7 Å². The molecule has 0 aromatic carbocycles. The van der Waals surface area contributed by atoms with E-state index in [4.69, 9.17) is 0 Å². The molecule has 0 aromatic heterocycles. The molecule has 0 aromatic rings. The van der Waals surface area contributed by atoms with Crippen LogP contribution in [-0.2, 0) is 0 Å². The molecule has 0 saturated heterocycles. The zero-order valence-corrected chi connectivity index (χ0v) is 13.5. The number of hydrogen-bond acceptors (Lipinski definition) is 1. The summed E-state index contributed by atoms with van der Waals surface area (Å²) in [7, 11) is 0. The van der Waals surface area contributed by atoms with Gasteiger partial charge in [0.2, 0.25) is 0 Å². The molecule has 19 heavy (non-hydrogen) atoms. The molecule has 1 nitrogen and oxygen atoms in total. The molecule has 1 heteroatoms. The maximum atomic E-state index is 11.2. The van der Waals surface area contributed by atoms with Crippen molar-refractivity contribution >= 4 is 0 Å². The average molecular weight is 266 g/mol. The molecule has 0 heterocycles. The predicted molar refractivity (Wildman–Crippen MR) is 82.1 cm³/mol. The van der Waals surface area contributed by atoms with Crippen LogP contribution >= 0.6 is 0 Å². The van der Waals surface area contributed by atoms with Gasteiger partial charge < -0.3 is 5.11 Å². The van der Waals surface area contributed by atoms with Crippen molar-refractivity contribution in [2.24, 2.45) is 23.2 Å². The summed E-state index contributed by atoms with van der Waals surface area (Å²) in [6, 6.07) is 0. The van der Waals surface area contributed by atoms with Gasteiger partial charge in [0.1, 0.15) is 0 Å². The Hall–Kier alpha value is -0.0400. The van der Waals surface area contributed by atoms with Gasteiger partial charge in [-0.15, -0.1) is 0 Å². The van der Waals surface area contributed by atoms with E-state index in [1.807, 2.05) is 0 Å². The number of aliphatic hydroxyl groups is 1. The molecule has 2 saturated carbocycles. The Labute approximate surface area is 120 Å². The normalized spacial score (nSPS) is 41.8. The number of rotatable bonds is 1. The summed E-state index contributed by atoms with van der Waals surface area (Å²) < 4.78 is 0. The van der Waals surface area contributed by atoms with Gasteiger partial charge in [-0.25, -0.2) is 0 Å². The van der Waals surface area contributed by atoms with E-state index in [0.717, 1.165) is 24.7 Å². The average Bonchev–Trinajstić information content (AvgIpc) is 2.52. The van der Waals surface area contributed by atoms with Gasteiger partial charge in [0.05, 0.1) is 5.60 Å². The third-order valence-corrected chi connectivity index (χ3v) is 6.01. The minimum absolute atomic E-state index is 0.339. The molecule has 2 fully saturated rings. The summed E-state index contributed by atoms with van der Waals surface area (Å²) in [6.07, 6.45) is 11.1. The second kappa shape index (κ2) is 5.76. The fourth-order valence-electron chi connectivity index (χ4n) is 4.54. The van der Waals surface area contributed by atoms with Crippen molar-refractivity contribution in [1.82, 2.24) is 0 Å². The Kier molecular flexibility index (Phi) is 4.65. The maximum absolute atomic E-state index is 11.2. The molecule has 2 aliphatic carbocycles. The molecule has 0 spiro atoms. The fraction of sp³-hybridized carbons (Fsp3) is 1.00. The van der Waals surface area contributed by atoms with E-state index < -0.39 is 0 Å². The Morgan fingerprint density at radius 1 is 0.947 bits per heavy atom. The topological polar surface area (TPSA) is 20.2 Å². The smallest absolute Gasteiger partial charge is 0.0676 e. The van der Waals surface area contributed by atoms with E-state index in [0.29, 0.717) is 11.3 Å². The first-order valence-corrected chi connectivity index (χ1v) is 8.53. The minimum Gasteiger partial charge on any atom is -0.390 e. The molecule has 2 rings (SSSR count). The van der Waals surface area contributed by atoms with Crippen LogP contribution in [0.15, 0.2) is 0 Å². The Bertz CT molecular complexity index is 291. The molecule has 0 aliphatic heterocycles. The number of hydrogen-bond donors (Lipinski definition) is 1. The van der Waals surface area contributed by atoms with E-state index >= 15 is 0 Å². The molecule has 1 N–H and O–H groups in total. The van der Waals surface area contributed by atoms with E-state index in [2.05, 4.69) is 27.7 Å². The Morgan fingerprint density at radius 3 is 2.32 bits per heavy atom. The lowest BCUT2D eigenvalue weighted by Gasteiger charge is -2.40. The highest BCUT2D eigenvalue weighted by molar-refractivity contribution is 4.93. The SMILES string of the molecule is CC1CCCC(C2(O)CCCC(C(C)(C)C)CC2)C1. The lowest BCUT2D eigenvalue weighted by molar-refractivity contribution is -0.0533. The van der Waals surface area contributed by atoms with Gasteiger partial charge in [-0.3, -0.25) is 0 Å². The molecular formula is C18H34O. The lowest BCUT2D eigenvalue weighted by Crippen LogP contribution is -2.40. The second-order valence-corrected chi connectivity index (χ2v) is 8.57. The third-order valence-electron chi connectivity index (χ3n) is 6.01. The summed E-state index contributed by atoms with van der Waals surface area (Å²) >= 11 is 0. The van der Waals surface area contributed by atoms with Crippen molar-refractivity contribution in [1.29, 1.82) is 0 Å². The first-order chi connectivity index (χ1) is 8.81. The molecule has 4 unspecified atom stereocenters. The maximum Gasteiger partial charge on any atom is 0.0676 e. The molecule has 0 radical (unpaired) electrons. The summed E-state index contributed by atoms with van der Waals surface area (Å²) in [6.45, 7) is 9.46. The fourth-order valence-corrected chi connectivity index (χ4v) is 4.54. The highest BCUT2D eigenvalue weighted by atomic mass is 16.3. The summed E-state index contributed by atoms with van der Waals surface area (Å²) in [5.74, 6) is 2.20.